The van der Waals surface area contributed by atoms with E-state index >= 15 is 0 Å². The van der Waals surface area contributed by atoms with Crippen molar-refractivity contribution in [3.63, 3.8) is 0 Å². The molecule has 2 fully saturated rings. The van der Waals surface area contributed by atoms with Gasteiger partial charge in [-0.2, -0.15) is 4.98 Å². The Bertz CT molecular complexity index is 1710. The van der Waals surface area contributed by atoms with E-state index in [-0.39, 0.29) is 0 Å². The lowest BCUT2D eigenvalue weighted by Crippen LogP contribution is -2.62. The Kier molecular flexibility index (Phi) is 8.58. The second kappa shape index (κ2) is 12.3. The minimum absolute atomic E-state index is 0.397. The number of pyridine rings is 1. The predicted octanol–water partition coefficient (Wildman–Crippen LogP) is 4.55. The van der Waals surface area contributed by atoms with Crippen LogP contribution in [-0.4, -0.2) is 107 Å². The van der Waals surface area contributed by atoms with Crippen LogP contribution in [0.1, 0.15) is 18.4 Å². The molecule has 4 aromatic rings. The fourth-order valence-corrected chi connectivity index (χ4v) is 7.78. The zero-order chi connectivity index (χ0) is 31.2. The molecule has 2 N–H and O–H groups in total. The van der Waals surface area contributed by atoms with Crippen LogP contribution < -0.4 is 25.6 Å². The van der Waals surface area contributed by atoms with Gasteiger partial charge in [0.25, 0.3) is 0 Å². The summed E-state index contributed by atoms with van der Waals surface area (Å²) in [7, 11) is 3.31. The molecule has 234 valence electrons. The normalized spacial score (nSPS) is 16.9. The van der Waals surface area contributed by atoms with E-state index in [2.05, 4.69) is 89.6 Å². The van der Waals surface area contributed by atoms with Gasteiger partial charge in [0.05, 0.1) is 28.3 Å². The van der Waals surface area contributed by atoms with Crippen molar-refractivity contribution < 1.29 is 9.30 Å². The van der Waals surface area contributed by atoms with Gasteiger partial charge in [0, 0.05) is 62.4 Å². The number of fused-ring (bicyclic) bond motifs is 1. The number of nitrogens with one attached hydrogen (secondary N) is 2. The molecule has 12 nitrogen and oxygen atoms in total. The van der Waals surface area contributed by atoms with Gasteiger partial charge in [0.1, 0.15) is 25.0 Å². The van der Waals surface area contributed by atoms with Crippen molar-refractivity contribution >= 4 is 62.9 Å². The maximum atomic E-state index is 13.3. The lowest BCUT2D eigenvalue weighted by atomic mass is 9.96. The summed E-state index contributed by atoms with van der Waals surface area (Å²) in [4.78, 5) is 16.7. The van der Waals surface area contributed by atoms with Gasteiger partial charge in [0.15, 0.2) is 5.65 Å². The molecule has 2 saturated heterocycles. The van der Waals surface area contributed by atoms with Crippen LogP contribution in [0.25, 0.3) is 5.65 Å². The summed E-state index contributed by atoms with van der Waals surface area (Å²) in [5.41, 5.74) is 4.34. The zero-order valence-electron chi connectivity index (χ0n) is 26.1. The monoisotopic (exact) mass is 682 g/mol. The van der Waals surface area contributed by atoms with Gasteiger partial charge in [-0.15, -0.1) is 10.2 Å². The molecule has 14 heteroatoms. The van der Waals surface area contributed by atoms with Crippen molar-refractivity contribution in [2.24, 2.45) is 0 Å². The molecule has 0 saturated carbocycles. The molecule has 3 aromatic heterocycles. The Morgan fingerprint density at radius 3 is 2.55 bits per heavy atom. The molecular formula is C30H40BrN10O2P. The quantitative estimate of drug-likeness (QED) is 0.242. The number of methoxy groups -OCH3 is 1. The molecule has 0 bridgehead atoms. The first-order chi connectivity index (χ1) is 21.0. The van der Waals surface area contributed by atoms with Gasteiger partial charge < -0.3 is 29.7 Å². The molecule has 6 rings (SSSR count). The van der Waals surface area contributed by atoms with Gasteiger partial charge in [-0.1, -0.05) is 0 Å². The maximum absolute atomic E-state index is 13.3. The molecule has 2 aliphatic rings. The Morgan fingerprint density at radius 2 is 1.86 bits per heavy atom. The molecule has 44 heavy (non-hydrogen) atoms. The minimum Gasteiger partial charge on any atom is -0.494 e. The van der Waals surface area contributed by atoms with Crippen molar-refractivity contribution in [3.8, 4) is 5.75 Å². The summed E-state index contributed by atoms with van der Waals surface area (Å²) in [6.45, 7) is 9.98. The highest BCUT2D eigenvalue weighted by atomic mass is 79.9. The molecule has 0 spiro atoms. The average molecular weight is 684 g/mol. The van der Waals surface area contributed by atoms with Crippen LogP contribution in [0.15, 0.2) is 41.4 Å². The topological polar surface area (TPSA) is 116 Å². The van der Waals surface area contributed by atoms with Gasteiger partial charge in [-0.3, -0.25) is 9.30 Å². The first-order valence-electron chi connectivity index (χ1n) is 14.8. The third kappa shape index (κ3) is 6.15. The van der Waals surface area contributed by atoms with Crippen LogP contribution in [0.3, 0.4) is 0 Å². The molecule has 1 aromatic carbocycles. The van der Waals surface area contributed by atoms with Crippen molar-refractivity contribution in [1.82, 2.24) is 34.4 Å². The Balaban J connectivity index is 1.19. The number of ether oxygens (including phenoxy) is 1. The van der Waals surface area contributed by atoms with Crippen LogP contribution in [0, 0.1) is 6.92 Å². The fraction of sp³-hybridized carbons (Fsp3) is 0.467. The van der Waals surface area contributed by atoms with Crippen LogP contribution >= 0.6 is 23.1 Å². The van der Waals surface area contributed by atoms with Gasteiger partial charge >= 0.3 is 0 Å². The summed E-state index contributed by atoms with van der Waals surface area (Å²) < 4.78 is 21.5. The van der Waals surface area contributed by atoms with Crippen LogP contribution in [0.4, 0.5) is 28.8 Å². The van der Waals surface area contributed by atoms with Crippen molar-refractivity contribution in [2.45, 2.75) is 31.8 Å². The predicted molar refractivity (Wildman–Crippen MR) is 180 cm³/mol. The maximum Gasteiger partial charge on any atom is 0.229 e. The SMILES string of the molecule is COc1cc(N2CCC(N3CC(N(C)C)C3)CC2)c(C)cc1Nc1ncc(Br)c(Nc2ccn3cnnc3c2P(C)(C)=O)n1. The Labute approximate surface area is 266 Å². The summed E-state index contributed by atoms with van der Waals surface area (Å²) >= 11 is 3.56. The number of benzene rings is 1. The number of likely N-dealkylation sites (tertiary alicyclic amines) is 1. The number of rotatable bonds is 9. The van der Waals surface area contributed by atoms with E-state index < -0.39 is 7.14 Å². The number of likely N-dealkylation sites (N-methyl/N-ethyl adjacent to an activating group) is 1. The van der Waals surface area contributed by atoms with Crippen LogP contribution in [0.2, 0.25) is 0 Å². The standard InChI is InChI=1S/C30H40BrN10O2P/c1-19-13-24(26(43-4)14-25(19)39-10-7-20(8-11-39)41-16-21(17-41)38(2)3)35-30-32-15-22(31)28(36-30)34-23-9-12-40-18-33-37-29(40)27(23)44(5,6)42/h9,12-15,18,20-21H,7-8,10-11,16-17H2,1-6H3,(H2,32,34,35,36). The Morgan fingerprint density at radius 1 is 1.11 bits per heavy atom. The second-order valence-corrected chi connectivity index (χ2v) is 16.3. The van der Waals surface area contributed by atoms with Gasteiger partial charge in [-0.05, 0) is 80.8 Å². The van der Waals surface area contributed by atoms with Crippen molar-refractivity contribution in [2.75, 3.05) is 76.2 Å². The highest BCUT2D eigenvalue weighted by Gasteiger charge is 2.35. The Hall–Kier alpha value is -3.25. The average Bonchev–Trinajstić information content (AvgIpc) is 3.42. The van der Waals surface area contributed by atoms with E-state index in [1.165, 1.54) is 31.6 Å². The summed E-state index contributed by atoms with van der Waals surface area (Å²) in [5, 5.41) is 15.5. The highest BCUT2D eigenvalue weighted by Crippen LogP contribution is 2.41. The van der Waals surface area contributed by atoms with Crippen molar-refractivity contribution in [1.29, 1.82) is 0 Å². The minimum atomic E-state index is -2.72. The number of aromatic nitrogens is 5. The molecule has 0 radical (unpaired) electrons. The largest absolute Gasteiger partial charge is 0.494 e. The van der Waals surface area contributed by atoms with Gasteiger partial charge in [0.2, 0.25) is 5.95 Å². The van der Waals surface area contributed by atoms with E-state index in [0.29, 0.717) is 45.0 Å². The smallest absolute Gasteiger partial charge is 0.229 e. The second-order valence-electron chi connectivity index (χ2n) is 12.3. The number of nitrogens with zero attached hydrogens (tertiary/aromatic N) is 8. The number of piperidine rings is 1. The molecule has 5 heterocycles. The van der Waals surface area contributed by atoms with Crippen molar-refractivity contribution in [3.05, 3.63) is 47.0 Å². The lowest BCUT2D eigenvalue weighted by Gasteiger charge is -2.49. The number of hydrogen-bond acceptors (Lipinski definition) is 11. The molecule has 0 unspecified atom stereocenters. The summed E-state index contributed by atoms with van der Waals surface area (Å²) in [5.74, 6) is 1.65. The molecule has 0 aliphatic carbocycles. The summed E-state index contributed by atoms with van der Waals surface area (Å²) in [6, 6.07) is 7.41. The zero-order valence-corrected chi connectivity index (χ0v) is 28.6. The van der Waals surface area contributed by atoms with E-state index in [1.807, 2.05) is 12.3 Å². The third-order valence-electron chi connectivity index (χ3n) is 8.68. The van der Waals surface area contributed by atoms with E-state index in [4.69, 9.17) is 9.72 Å². The first kappa shape index (κ1) is 30.8. The van der Waals surface area contributed by atoms with E-state index in [9.17, 15) is 4.57 Å². The lowest BCUT2D eigenvalue weighted by molar-refractivity contribution is 0.0188. The molecule has 2 aliphatic heterocycles. The molecular weight excluding hydrogens is 643 g/mol. The number of aryl methyl sites for hydroxylation is 1. The van der Waals surface area contributed by atoms with Gasteiger partial charge in [-0.25, -0.2) is 4.98 Å². The molecule has 0 atom stereocenters. The summed E-state index contributed by atoms with van der Waals surface area (Å²) in [6.07, 6.45) is 7.44. The number of hydrogen-bond donors (Lipinski definition) is 2. The fourth-order valence-electron chi connectivity index (χ4n) is 6.14. The highest BCUT2D eigenvalue weighted by molar-refractivity contribution is 9.10. The first-order valence-corrected chi connectivity index (χ1v) is 18.2. The molecule has 0 amide bonds. The number of halogens is 1. The van der Waals surface area contributed by atoms with E-state index in [0.717, 1.165) is 30.1 Å². The third-order valence-corrected chi connectivity index (χ3v) is 10.8. The van der Waals surface area contributed by atoms with Crippen LogP contribution in [0.5, 0.6) is 5.75 Å². The van der Waals surface area contributed by atoms with Crippen LogP contribution in [-0.2, 0) is 4.57 Å². The van der Waals surface area contributed by atoms with E-state index in [1.54, 1.807) is 37.4 Å². The number of anilines is 5.